The fraction of sp³-hybridized carbons (Fsp3) is 0. The zero-order valence-corrected chi connectivity index (χ0v) is 4.66. The van der Waals surface area contributed by atoms with Crippen molar-refractivity contribution >= 4 is 0 Å². The van der Waals surface area contributed by atoms with Crippen LogP contribution in [0.4, 0.5) is 13.2 Å². The Bertz CT molecular complexity index is 11.6. The normalized spacial score (nSPS) is 7.20. The van der Waals surface area contributed by atoms with Crippen molar-refractivity contribution in [1.29, 1.82) is 0 Å². The Morgan fingerprint density at radius 2 is 1.00 bits per heavy atom. The minimum Gasteiger partial charge on any atom is -0.385 e. The van der Waals surface area contributed by atoms with Crippen molar-refractivity contribution in [2.75, 3.05) is 0 Å². The van der Waals surface area contributed by atoms with E-state index in [1.54, 1.807) is 0 Å². The molecule has 0 N–H and O–H groups in total. The summed E-state index contributed by atoms with van der Waals surface area (Å²) in [5, 5.41) is 0. The Morgan fingerprint density at radius 3 is 1.00 bits per heavy atom. The quantitative estimate of drug-likeness (QED) is 0.539. The van der Waals surface area contributed by atoms with Crippen molar-refractivity contribution < 1.29 is 53.6 Å². The maximum Gasteiger partial charge on any atom is 0.154 e. The first-order chi connectivity index (χ1) is 1.73. The molecule has 32 valence electrons. The average molecular weight is 219 g/mol. The number of hydrogen-bond donors (Lipinski definition) is 0. The van der Waals surface area contributed by atoms with E-state index >= 15 is 0 Å². The second-order valence-electron chi connectivity index (χ2n) is 0.214. The number of halogens is 3. The Balaban J connectivity index is 0. The van der Waals surface area contributed by atoms with Crippen molar-refractivity contribution in [2.24, 2.45) is 0 Å². The van der Waals surface area contributed by atoms with Crippen molar-refractivity contribution in [3.8, 4) is 0 Å². The first kappa shape index (κ1) is 9.46. The van der Waals surface area contributed by atoms with Gasteiger partial charge in [0.15, 0.2) is 6.68 Å². The predicted molar refractivity (Wildman–Crippen MR) is 6.57 cm³/mol. The zero-order chi connectivity index (χ0) is 3.58. The fourth-order valence-corrected chi connectivity index (χ4v) is 0. The summed E-state index contributed by atoms with van der Waals surface area (Å²) >= 11 is 0. The Morgan fingerprint density at radius 1 is 1.00 bits per heavy atom. The minimum absolute atomic E-state index is 0. The van der Waals surface area contributed by atoms with Crippen LogP contribution in [0.5, 0.6) is 0 Å². The van der Waals surface area contributed by atoms with Crippen molar-refractivity contribution in [3.05, 3.63) is 6.68 Å². The molecular formula is CF3Sm-. The van der Waals surface area contributed by atoms with Gasteiger partial charge in [0.05, 0.1) is 0 Å². The monoisotopic (exact) mass is 221 g/mol. The zero-order valence-electron chi connectivity index (χ0n) is 2.04. The largest absolute Gasteiger partial charge is 0.385 e. The van der Waals surface area contributed by atoms with Crippen LogP contribution >= 0.6 is 0 Å². The van der Waals surface area contributed by atoms with Crippen LogP contribution in [0.15, 0.2) is 0 Å². The maximum atomic E-state index is 9.58. The van der Waals surface area contributed by atoms with Gasteiger partial charge < -0.3 is 13.2 Å². The molecule has 0 saturated carbocycles. The van der Waals surface area contributed by atoms with E-state index in [-0.39, 0.29) is 40.4 Å². The summed E-state index contributed by atoms with van der Waals surface area (Å²) in [6.07, 6.45) is 0. The van der Waals surface area contributed by atoms with E-state index in [2.05, 4.69) is 0 Å². The summed E-state index contributed by atoms with van der Waals surface area (Å²) in [5.41, 5.74) is 0. The van der Waals surface area contributed by atoms with Crippen molar-refractivity contribution in [2.45, 2.75) is 0 Å². The Labute approximate surface area is 59.8 Å². The van der Waals surface area contributed by atoms with E-state index < -0.39 is 6.68 Å². The van der Waals surface area contributed by atoms with Gasteiger partial charge in [-0.3, -0.25) is 0 Å². The van der Waals surface area contributed by atoms with Crippen LogP contribution in [0.2, 0.25) is 0 Å². The van der Waals surface area contributed by atoms with Crippen LogP contribution in [0.3, 0.4) is 0 Å². The molecule has 0 aromatic rings. The van der Waals surface area contributed by atoms with Crippen molar-refractivity contribution in [3.63, 3.8) is 0 Å². The van der Waals surface area contributed by atoms with E-state index in [1.807, 2.05) is 0 Å². The minimum atomic E-state index is -3.08. The van der Waals surface area contributed by atoms with E-state index in [4.69, 9.17) is 0 Å². The second kappa shape index (κ2) is 5.13. The third-order valence-electron chi connectivity index (χ3n) is 0. The molecule has 5 heavy (non-hydrogen) atoms. The van der Waals surface area contributed by atoms with Gasteiger partial charge in [-0.25, -0.2) is 0 Å². The van der Waals surface area contributed by atoms with Crippen LogP contribution in [-0.2, 0) is 0 Å². The third-order valence-corrected chi connectivity index (χ3v) is 0. The van der Waals surface area contributed by atoms with E-state index in [0.717, 1.165) is 0 Å². The average Bonchev–Trinajstić information content (AvgIpc) is 0.811. The molecule has 0 aromatic heterocycles. The van der Waals surface area contributed by atoms with E-state index in [9.17, 15) is 13.2 Å². The Kier molecular flexibility index (Phi) is 9.70. The van der Waals surface area contributed by atoms with Crippen LogP contribution in [-0.4, -0.2) is 0 Å². The maximum absolute atomic E-state index is 9.58. The van der Waals surface area contributed by atoms with Crippen molar-refractivity contribution in [1.82, 2.24) is 0 Å². The summed E-state index contributed by atoms with van der Waals surface area (Å²) in [6, 6.07) is 0. The van der Waals surface area contributed by atoms with Gasteiger partial charge in [-0.05, 0) is 0 Å². The molecule has 0 aromatic carbocycles. The van der Waals surface area contributed by atoms with Crippen LogP contribution in [0.25, 0.3) is 0 Å². The smallest absolute Gasteiger partial charge is 0.154 e. The first-order valence-electron chi connectivity index (χ1n) is 0.567. The molecule has 0 radical (unpaired) electrons. The molecule has 0 saturated heterocycles. The molecule has 4 heteroatoms. The first-order valence-corrected chi connectivity index (χ1v) is 0.567. The number of hydrogen-bond acceptors (Lipinski definition) is 0. The standard InChI is InChI=1S/CF3.Sm/c2-1(3)4;/q-1;. The van der Waals surface area contributed by atoms with E-state index in [1.165, 1.54) is 0 Å². The molecule has 0 aliphatic carbocycles. The fourth-order valence-electron chi connectivity index (χ4n) is 0. The Hall–Kier alpha value is 1.13. The van der Waals surface area contributed by atoms with Crippen LogP contribution in [0.1, 0.15) is 0 Å². The molecule has 0 rings (SSSR count). The summed E-state index contributed by atoms with van der Waals surface area (Å²) in [5.74, 6) is 0. The van der Waals surface area contributed by atoms with Gasteiger partial charge >= 0.3 is 0 Å². The molecule has 0 heterocycles. The number of rotatable bonds is 0. The molecule has 0 bridgehead atoms. The van der Waals surface area contributed by atoms with Gasteiger partial charge in [0.2, 0.25) is 0 Å². The molecule has 0 aliphatic heterocycles. The van der Waals surface area contributed by atoms with Gasteiger partial charge in [-0.15, -0.1) is 0 Å². The summed E-state index contributed by atoms with van der Waals surface area (Å²) in [7, 11) is 0. The summed E-state index contributed by atoms with van der Waals surface area (Å²) in [6.45, 7) is -3.08. The van der Waals surface area contributed by atoms with Gasteiger partial charge in [0.1, 0.15) is 0 Å². The SMILES string of the molecule is F[C-](F)F.[Sm]. The van der Waals surface area contributed by atoms with Crippen LogP contribution in [0, 0.1) is 47.1 Å². The van der Waals surface area contributed by atoms with Gasteiger partial charge in [-0.2, -0.15) is 0 Å². The molecule has 0 unspecified atom stereocenters. The molecular weight excluding hydrogens is 219 g/mol. The summed E-state index contributed by atoms with van der Waals surface area (Å²) < 4.78 is 28.8. The molecule has 0 aliphatic rings. The van der Waals surface area contributed by atoms with E-state index in [0.29, 0.717) is 0 Å². The van der Waals surface area contributed by atoms with Crippen LogP contribution < -0.4 is 0 Å². The van der Waals surface area contributed by atoms with Gasteiger partial charge in [0, 0.05) is 40.4 Å². The topological polar surface area (TPSA) is 0 Å². The molecule has 0 fully saturated rings. The third kappa shape index (κ3) is 39.4. The second-order valence-corrected chi connectivity index (χ2v) is 0.214. The van der Waals surface area contributed by atoms with Gasteiger partial charge in [0.25, 0.3) is 0 Å². The molecule has 0 nitrogen and oxygen atoms in total. The predicted octanol–water partition coefficient (Wildman–Crippen LogP) is 1.34. The van der Waals surface area contributed by atoms with Gasteiger partial charge in [-0.1, -0.05) is 0 Å². The molecule has 0 atom stereocenters. The summed E-state index contributed by atoms with van der Waals surface area (Å²) in [4.78, 5) is 0. The molecule has 0 spiro atoms. The molecule has 0 amide bonds.